The molecule has 1 nitrogen and oxygen atoms in total. The fraction of sp³-hybridized carbons (Fsp3) is 0.444. The molecule has 0 aliphatic carbocycles. The fourth-order valence-corrected chi connectivity index (χ4v) is 1.22. The summed E-state index contributed by atoms with van der Waals surface area (Å²) < 4.78 is 0. The van der Waals surface area contributed by atoms with Gasteiger partial charge in [-0.3, -0.25) is 4.98 Å². The molecule has 1 rings (SSSR count). The summed E-state index contributed by atoms with van der Waals surface area (Å²) in [5.41, 5.74) is 1.29. The van der Waals surface area contributed by atoms with Crippen molar-refractivity contribution in [2.75, 3.05) is 0 Å². The molecule has 1 aromatic rings. The summed E-state index contributed by atoms with van der Waals surface area (Å²) in [4.78, 5) is 4.57. The van der Waals surface area contributed by atoms with E-state index in [9.17, 15) is 0 Å². The summed E-state index contributed by atoms with van der Waals surface area (Å²) >= 11 is 3.55. The maximum Gasteiger partial charge on any atom is 0.0302 e. The highest BCUT2D eigenvalue weighted by Crippen LogP contribution is 2.22. The number of nitrogens with zero attached hydrogens (tertiary/aromatic N) is 1. The number of alkyl halides is 1. The second-order valence-electron chi connectivity index (χ2n) is 2.75. The third-order valence-corrected chi connectivity index (χ3v) is 2.69. The summed E-state index contributed by atoms with van der Waals surface area (Å²) in [7, 11) is 0. The van der Waals surface area contributed by atoms with Crippen LogP contribution in [0.4, 0.5) is 0 Å². The van der Waals surface area contributed by atoms with E-state index in [2.05, 4.69) is 40.8 Å². The Kier molecular flexibility index (Phi) is 3.06. The van der Waals surface area contributed by atoms with Crippen molar-refractivity contribution in [3.8, 4) is 0 Å². The highest BCUT2D eigenvalue weighted by molar-refractivity contribution is 9.09. The van der Waals surface area contributed by atoms with Crippen LogP contribution in [0.15, 0.2) is 24.5 Å². The molecule has 0 radical (unpaired) electrons. The number of aromatic nitrogens is 1. The van der Waals surface area contributed by atoms with E-state index in [-0.39, 0.29) is 0 Å². The van der Waals surface area contributed by atoms with Crippen LogP contribution in [-0.4, -0.2) is 9.81 Å². The van der Waals surface area contributed by atoms with Crippen molar-refractivity contribution in [3.05, 3.63) is 30.1 Å². The molecule has 11 heavy (non-hydrogen) atoms. The zero-order valence-corrected chi connectivity index (χ0v) is 8.38. The zero-order valence-electron chi connectivity index (χ0n) is 6.79. The van der Waals surface area contributed by atoms with Crippen LogP contribution in [0.3, 0.4) is 0 Å². The molecular formula is C9H12BrN. The van der Waals surface area contributed by atoms with Crippen LogP contribution >= 0.6 is 15.9 Å². The van der Waals surface area contributed by atoms with Gasteiger partial charge in [0, 0.05) is 17.2 Å². The first-order valence-corrected chi connectivity index (χ1v) is 4.67. The van der Waals surface area contributed by atoms with Crippen LogP contribution in [0.25, 0.3) is 0 Å². The van der Waals surface area contributed by atoms with Crippen molar-refractivity contribution in [2.45, 2.75) is 24.6 Å². The second kappa shape index (κ2) is 3.86. The van der Waals surface area contributed by atoms with Crippen molar-refractivity contribution in [1.29, 1.82) is 0 Å². The number of halogens is 1. The van der Waals surface area contributed by atoms with Crippen LogP contribution in [0.2, 0.25) is 0 Å². The van der Waals surface area contributed by atoms with Gasteiger partial charge in [-0.1, -0.05) is 35.8 Å². The van der Waals surface area contributed by atoms with E-state index in [1.807, 2.05) is 12.3 Å². The molecule has 1 heterocycles. The molecule has 0 saturated carbocycles. The Hall–Kier alpha value is -0.370. The molecule has 0 saturated heterocycles. The van der Waals surface area contributed by atoms with E-state index in [0.717, 1.165) is 0 Å². The van der Waals surface area contributed by atoms with Gasteiger partial charge in [0.15, 0.2) is 0 Å². The highest BCUT2D eigenvalue weighted by atomic mass is 79.9. The smallest absolute Gasteiger partial charge is 0.0302 e. The first-order valence-electron chi connectivity index (χ1n) is 3.76. The number of hydrogen-bond acceptors (Lipinski definition) is 1. The summed E-state index contributed by atoms with van der Waals surface area (Å²) in [6.07, 6.45) is 3.72. The van der Waals surface area contributed by atoms with E-state index in [4.69, 9.17) is 0 Å². The van der Waals surface area contributed by atoms with Gasteiger partial charge in [-0.25, -0.2) is 0 Å². The molecule has 2 atom stereocenters. The van der Waals surface area contributed by atoms with E-state index in [1.165, 1.54) is 5.56 Å². The summed E-state index contributed by atoms with van der Waals surface area (Å²) in [5, 5.41) is 0. The molecule has 2 unspecified atom stereocenters. The van der Waals surface area contributed by atoms with Gasteiger partial charge in [0.2, 0.25) is 0 Å². The van der Waals surface area contributed by atoms with Gasteiger partial charge in [0.05, 0.1) is 0 Å². The summed E-state index contributed by atoms with van der Waals surface area (Å²) in [5.74, 6) is 0.531. The lowest BCUT2D eigenvalue weighted by molar-refractivity contribution is 0.757. The average Bonchev–Trinajstić information content (AvgIpc) is 2.05. The molecule has 0 N–H and O–H groups in total. The zero-order chi connectivity index (χ0) is 8.27. The van der Waals surface area contributed by atoms with Crippen molar-refractivity contribution in [1.82, 2.24) is 4.98 Å². The van der Waals surface area contributed by atoms with Crippen LogP contribution in [0.5, 0.6) is 0 Å². The topological polar surface area (TPSA) is 12.9 Å². The monoisotopic (exact) mass is 213 g/mol. The first-order chi connectivity index (χ1) is 5.22. The standard InChI is InChI=1S/C9H12BrN/c1-7(8(2)10)9-4-3-5-11-6-9/h3-8H,1-2H3. The van der Waals surface area contributed by atoms with Crippen LogP contribution < -0.4 is 0 Å². The van der Waals surface area contributed by atoms with Crippen molar-refractivity contribution in [3.63, 3.8) is 0 Å². The minimum atomic E-state index is 0.506. The Labute approximate surface area is 76.0 Å². The second-order valence-corrected chi connectivity index (χ2v) is 4.20. The molecular weight excluding hydrogens is 202 g/mol. The molecule has 60 valence electrons. The quantitative estimate of drug-likeness (QED) is 0.689. The Bertz CT molecular complexity index is 208. The van der Waals surface area contributed by atoms with Crippen molar-refractivity contribution in [2.24, 2.45) is 0 Å². The maximum absolute atomic E-state index is 4.07. The molecule has 0 aromatic carbocycles. The average molecular weight is 214 g/mol. The number of pyridine rings is 1. The minimum Gasteiger partial charge on any atom is -0.264 e. The van der Waals surface area contributed by atoms with E-state index in [0.29, 0.717) is 10.7 Å². The predicted octanol–water partition coefficient (Wildman–Crippen LogP) is 2.97. The largest absolute Gasteiger partial charge is 0.264 e. The predicted molar refractivity (Wildman–Crippen MR) is 51.0 cm³/mol. The van der Waals surface area contributed by atoms with Gasteiger partial charge < -0.3 is 0 Å². The van der Waals surface area contributed by atoms with E-state index >= 15 is 0 Å². The van der Waals surface area contributed by atoms with Crippen molar-refractivity contribution >= 4 is 15.9 Å². The molecule has 0 aliphatic rings. The van der Waals surface area contributed by atoms with E-state index < -0.39 is 0 Å². The summed E-state index contributed by atoms with van der Waals surface area (Å²) in [6, 6.07) is 4.08. The lowest BCUT2D eigenvalue weighted by Gasteiger charge is -2.12. The van der Waals surface area contributed by atoms with Gasteiger partial charge in [-0.2, -0.15) is 0 Å². The molecule has 0 spiro atoms. The SMILES string of the molecule is CC(Br)C(C)c1cccnc1. The van der Waals surface area contributed by atoms with Gasteiger partial charge in [-0.05, 0) is 17.5 Å². The first kappa shape index (κ1) is 8.72. The van der Waals surface area contributed by atoms with Crippen LogP contribution in [0, 0.1) is 0 Å². The van der Waals surface area contributed by atoms with E-state index in [1.54, 1.807) is 6.20 Å². The van der Waals surface area contributed by atoms with Crippen LogP contribution in [-0.2, 0) is 0 Å². The number of rotatable bonds is 2. The lowest BCUT2D eigenvalue weighted by Crippen LogP contribution is -2.04. The van der Waals surface area contributed by atoms with Gasteiger partial charge in [0.1, 0.15) is 0 Å². The Balaban J connectivity index is 2.77. The Morgan fingerprint density at radius 3 is 2.64 bits per heavy atom. The molecule has 0 fully saturated rings. The Morgan fingerprint density at radius 1 is 1.45 bits per heavy atom. The van der Waals surface area contributed by atoms with Gasteiger partial charge in [-0.15, -0.1) is 0 Å². The molecule has 0 amide bonds. The fourth-order valence-electron chi connectivity index (χ4n) is 0.911. The highest BCUT2D eigenvalue weighted by Gasteiger charge is 2.09. The normalized spacial score (nSPS) is 15.9. The molecule has 1 aromatic heterocycles. The Morgan fingerprint density at radius 2 is 2.18 bits per heavy atom. The minimum absolute atomic E-state index is 0.506. The summed E-state index contributed by atoms with van der Waals surface area (Å²) in [6.45, 7) is 4.34. The maximum atomic E-state index is 4.07. The van der Waals surface area contributed by atoms with Crippen molar-refractivity contribution < 1.29 is 0 Å². The molecule has 2 heteroatoms. The molecule has 0 aliphatic heterocycles. The molecule has 0 bridgehead atoms. The van der Waals surface area contributed by atoms with Gasteiger partial charge >= 0.3 is 0 Å². The third kappa shape index (κ3) is 2.29. The third-order valence-electron chi connectivity index (χ3n) is 1.90. The van der Waals surface area contributed by atoms with Gasteiger partial charge in [0.25, 0.3) is 0 Å². The van der Waals surface area contributed by atoms with Crippen LogP contribution in [0.1, 0.15) is 25.3 Å². The lowest BCUT2D eigenvalue weighted by atomic mass is 10.0. The number of hydrogen-bond donors (Lipinski definition) is 0.